The van der Waals surface area contributed by atoms with Crippen molar-refractivity contribution in [2.45, 2.75) is 13.8 Å². The van der Waals surface area contributed by atoms with Gasteiger partial charge in [-0.2, -0.15) is 0 Å². The summed E-state index contributed by atoms with van der Waals surface area (Å²) in [4.78, 5) is 11.6. The number of rotatable bonds is 1. The average Bonchev–Trinajstić information content (AvgIpc) is 3.11. The van der Waals surface area contributed by atoms with Crippen LogP contribution < -0.4 is 6.23 Å². The van der Waals surface area contributed by atoms with E-state index >= 15 is 0 Å². The molecule has 3 aromatic heterocycles. The number of pyridine rings is 2. The first-order chi connectivity index (χ1) is 12.6. The van der Waals surface area contributed by atoms with Crippen molar-refractivity contribution in [2.75, 3.05) is 18.2 Å². The molecule has 1 aliphatic rings. The van der Waals surface area contributed by atoms with Gasteiger partial charge in [-0.05, 0) is 0 Å². The molecule has 1 aromatic carbocycles. The Hall–Kier alpha value is -2.35. The molecule has 1 aliphatic heterocycles. The standard InChI is InChI=1S/C20H19IN4O/c1-12-7-9-14-15-10-8-13(2)23-20(15)26-18(14)17(12)25-19-16(6-5-11-22-19)24(4)21(25)3/h5-11H,1-4H3. The molecule has 4 aromatic rings. The van der Waals surface area contributed by atoms with E-state index in [0.29, 0.717) is 5.71 Å². The molecule has 5 rings (SSSR count). The third kappa shape index (κ3) is 2.08. The van der Waals surface area contributed by atoms with Gasteiger partial charge >= 0.3 is 160 Å². The number of benzene rings is 1. The van der Waals surface area contributed by atoms with Gasteiger partial charge in [-0.25, -0.2) is 0 Å². The van der Waals surface area contributed by atoms with Crippen LogP contribution in [0, 0.1) is 13.8 Å². The predicted octanol–water partition coefficient (Wildman–Crippen LogP) is 5.55. The van der Waals surface area contributed by atoms with Gasteiger partial charge < -0.3 is 0 Å². The zero-order chi connectivity index (χ0) is 18.0. The summed E-state index contributed by atoms with van der Waals surface area (Å²) in [5.41, 5.74) is 6.11. The Labute approximate surface area is 159 Å². The van der Waals surface area contributed by atoms with E-state index in [0.717, 1.165) is 33.6 Å². The van der Waals surface area contributed by atoms with Crippen molar-refractivity contribution in [3.63, 3.8) is 0 Å². The second-order valence-electron chi connectivity index (χ2n) is 6.53. The Bertz CT molecular complexity index is 1170. The molecular weight excluding hydrogens is 439 g/mol. The van der Waals surface area contributed by atoms with E-state index in [9.17, 15) is 0 Å². The third-order valence-electron chi connectivity index (χ3n) is 4.91. The fourth-order valence-corrected chi connectivity index (χ4v) is 7.62. The number of hydrogen-bond acceptors (Lipinski definition) is 5. The van der Waals surface area contributed by atoms with E-state index in [1.807, 2.05) is 25.3 Å². The molecule has 0 spiro atoms. The molecule has 6 heteroatoms. The van der Waals surface area contributed by atoms with E-state index in [-0.39, 0.29) is 0 Å². The first-order valence-corrected chi connectivity index (χ1v) is 12.5. The van der Waals surface area contributed by atoms with Gasteiger partial charge in [-0.1, -0.05) is 0 Å². The molecule has 26 heavy (non-hydrogen) atoms. The zero-order valence-corrected chi connectivity index (χ0v) is 17.3. The summed E-state index contributed by atoms with van der Waals surface area (Å²) in [5.74, 6) is 1.03. The van der Waals surface area contributed by atoms with Gasteiger partial charge in [-0.3, -0.25) is 0 Å². The van der Waals surface area contributed by atoms with E-state index < -0.39 is 20.4 Å². The molecule has 0 aliphatic carbocycles. The van der Waals surface area contributed by atoms with Crippen molar-refractivity contribution in [2.24, 2.45) is 0 Å². The fraction of sp³-hybridized carbons (Fsp3) is 0.200. The number of anilines is 3. The van der Waals surface area contributed by atoms with E-state index in [1.54, 1.807) is 0 Å². The second-order valence-corrected chi connectivity index (χ2v) is 11.3. The number of hydrogen-bond donors (Lipinski definition) is 0. The Balaban J connectivity index is 1.84. The molecule has 0 bridgehead atoms. The quantitative estimate of drug-likeness (QED) is 0.213. The molecule has 0 amide bonds. The maximum atomic E-state index is 6.28. The predicted molar refractivity (Wildman–Crippen MR) is 116 cm³/mol. The number of aromatic nitrogens is 2. The minimum absolute atomic E-state index is 0.706. The number of alkyl halides is 1. The molecular formula is C20H19IN4O. The SMILES string of the molecule is Cc1ccc2c(n1)oc1c(N3c4ncccc4N(C)I3C)c(C)ccc12. The van der Waals surface area contributed by atoms with Crippen molar-refractivity contribution < 1.29 is 4.42 Å². The van der Waals surface area contributed by atoms with Crippen LogP contribution in [0.4, 0.5) is 17.2 Å². The molecule has 0 atom stereocenters. The molecule has 0 radical (unpaired) electrons. The van der Waals surface area contributed by atoms with Crippen molar-refractivity contribution in [3.05, 3.63) is 53.9 Å². The van der Waals surface area contributed by atoms with Gasteiger partial charge in [0.2, 0.25) is 0 Å². The second kappa shape index (κ2) is 5.57. The van der Waals surface area contributed by atoms with Gasteiger partial charge in [0.1, 0.15) is 0 Å². The maximum absolute atomic E-state index is 6.28. The Morgan fingerprint density at radius 1 is 1.04 bits per heavy atom. The van der Waals surface area contributed by atoms with Crippen LogP contribution >= 0.6 is 20.4 Å². The molecule has 5 nitrogen and oxygen atoms in total. The van der Waals surface area contributed by atoms with Crippen molar-refractivity contribution in [1.82, 2.24) is 9.97 Å². The van der Waals surface area contributed by atoms with Gasteiger partial charge in [-0.15, -0.1) is 0 Å². The van der Waals surface area contributed by atoms with Crippen LogP contribution in [-0.4, -0.2) is 21.9 Å². The molecule has 0 N–H and O–H groups in total. The van der Waals surface area contributed by atoms with Crippen LogP contribution in [-0.2, 0) is 0 Å². The summed E-state index contributed by atoms with van der Waals surface area (Å²) in [6.07, 6.45) is 1.87. The summed E-state index contributed by atoms with van der Waals surface area (Å²) < 4.78 is 11.1. The number of halogens is 1. The van der Waals surface area contributed by atoms with Crippen LogP contribution in [0.3, 0.4) is 0 Å². The zero-order valence-electron chi connectivity index (χ0n) is 15.1. The van der Waals surface area contributed by atoms with Crippen molar-refractivity contribution in [1.29, 1.82) is 0 Å². The van der Waals surface area contributed by atoms with E-state index in [1.165, 1.54) is 11.3 Å². The van der Waals surface area contributed by atoms with Crippen molar-refractivity contribution >= 4 is 59.6 Å². The van der Waals surface area contributed by atoms with Crippen LogP contribution in [0.2, 0.25) is 0 Å². The van der Waals surface area contributed by atoms with Crippen LogP contribution in [0.15, 0.2) is 47.0 Å². The summed E-state index contributed by atoms with van der Waals surface area (Å²) in [6, 6.07) is 12.6. The Kier molecular flexibility index (Phi) is 3.40. The topological polar surface area (TPSA) is 45.4 Å². The van der Waals surface area contributed by atoms with Gasteiger partial charge in [0.05, 0.1) is 0 Å². The monoisotopic (exact) mass is 458 g/mol. The Morgan fingerprint density at radius 3 is 2.69 bits per heavy atom. The van der Waals surface area contributed by atoms with Gasteiger partial charge in [0.15, 0.2) is 0 Å². The summed E-state index contributed by atoms with van der Waals surface area (Å²) in [6.45, 7) is 4.13. The minimum atomic E-state index is -1.64. The number of furan rings is 1. The molecule has 0 saturated carbocycles. The van der Waals surface area contributed by atoms with Crippen LogP contribution in [0.5, 0.6) is 0 Å². The molecule has 0 unspecified atom stereocenters. The number of aryl methyl sites for hydroxylation is 2. The molecule has 132 valence electrons. The van der Waals surface area contributed by atoms with E-state index in [2.05, 4.69) is 54.4 Å². The summed E-state index contributed by atoms with van der Waals surface area (Å²) >= 11 is -1.64. The van der Waals surface area contributed by atoms with Gasteiger partial charge in [0, 0.05) is 0 Å². The number of fused-ring (bicyclic) bond motifs is 4. The number of nitrogens with zero attached hydrogens (tertiary/aromatic N) is 4. The first kappa shape index (κ1) is 15.9. The summed E-state index contributed by atoms with van der Waals surface area (Å²) in [7, 11) is 2.17. The van der Waals surface area contributed by atoms with E-state index in [4.69, 9.17) is 9.40 Å². The Morgan fingerprint density at radius 2 is 1.85 bits per heavy atom. The molecule has 0 fully saturated rings. The van der Waals surface area contributed by atoms with Gasteiger partial charge in [0.25, 0.3) is 0 Å². The van der Waals surface area contributed by atoms with Crippen molar-refractivity contribution in [3.8, 4) is 0 Å². The normalized spacial score (nSPS) is 15.3. The summed E-state index contributed by atoms with van der Waals surface area (Å²) in [5, 5.41) is 2.18. The average molecular weight is 458 g/mol. The van der Waals surface area contributed by atoms with Crippen LogP contribution in [0.25, 0.3) is 22.1 Å². The molecule has 4 heterocycles. The fourth-order valence-electron chi connectivity index (χ4n) is 3.51. The molecule has 0 saturated heterocycles. The van der Waals surface area contributed by atoms with Crippen LogP contribution in [0.1, 0.15) is 11.3 Å². The third-order valence-corrected chi connectivity index (χ3v) is 9.86. The first-order valence-electron chi connectivity index (χ1n) is 8.45.